The van der Waals surface area contributed by atoms with Gasteiger partial charge in [-0.3, -0.25) is 4.79 Å². The summed E-state index contributed by atoms with van der Waals surface area (Å²) in [5.41, 5.74) is 1.14. The normalized spacial score (nSPS) is 18.6. The van der Waals surface area contributed by atoms with E-state index in [-0.39, 0.29) is 11.8 Å². The van der Waals surface area contributed by atoms with Gasteiger partial charge in [0, 0.05) is 19.6 Å². The van der Waals surface area contributed by atoms with E-state index in [4.69, 9.17) is 4.74 Å². The molecule has 1 aliphatic rings. The molecule has 0 radical (unpaired) electrons. The first kappa shape index (κ1) is 14.9. The maximum atomic E-state index is 12.5. The number of methoxy groups -OCH3 is 1. The molecule has 20 heavy (non-hydrogen) atoms. The number of carbonyl (C=O) groups excluding carboxylic acids is 1. The number of benzene rings is 1. The molecule has 1 heterocycles. The highest BCUT2D eigenvalue weighted by Gasteiger charge is 2.25. The number of hydrogen-bond acceptors (Lipinski definition) is 3. The third-order valence-corrected chi connectivity index (χ3v) is 3.87. The number of hydrogen-bond donors (Lipinski definition) is 1. The average Bonchev–Trinajstić information content (AvgIpc) is 2.53. The summed E-state index contributed by atoms with van der Waals surface area (Å²) in [5.74, 6) is 1.26. The van der Waals surface area contributed by atoms with Gasteiger partial charge in [0.1, 0.15) is 5.75 Å². The van der Waals surface area contributed by atoms with Crippen LogP contribution in [0.2, 0.25) is 0 Å². The van der Waals surface area contributed by atoms with Crippen molar-refractivity contribution in [3.63, 3.8) is 0 Å². The monoisotopic (exact) mass is 276 g/mol. The molecule has 1 saturated heterocycles. The Morgan fingerprint density at radius 2 is 2.15 bits per heavy atom. The fraction of sp³-hybridized carbons (Fsp3) is 0.562. The summed E-state index contributed by atoms with van der Waals surface area (Å²) in [7, 11) is 1.66. The van der Waals surface area contributed by atoms with Crippen LogP contribution in [0.25, 0.3) is 0 Å². The van der Waals surface area contributed by atoms with Crippen LogP contribution < -0.4 is 10.1 Å². The van der Waals surface area contributed by atoms with E-state index in [2.05, 4.69) is 5.32 Å². The second-order valence-corrected chi connectivity index (χ2v) is 5.24. The summed E-state index contributed by atoms with van der Waals surface area (Å²) >= 11 is 0. The summed E-state index contributed by atoms with van der Waals surface area (Å²) in [6.07, 6.45) is 2.10. The first-order chi connectivity index (χ1) is 9.74. The number of nitrogens with one attached hydrogen (secondary N) is 1. The fourth-order valence-corrected chi connectivity index (χ4v) is 2.62. The molecule has 1 aromatic rings. The number of nitrogens with zero attached hydrogens (tertiary/aromatic N) is 1. The molecule has 1 atom stereocenters. The highest BCUT2D eigenvalue weighted by Crippen LogP contribution is 2.17. The average molecular weight is 276 g/mol. The molecule has 0 bridgehead atoms. The number of ether oxygens (including phenoxy) is 1. The molecule has 1 aromatic carbocycles. The Morgan fingerprint density at radius 3 is 2.70 bits per heavy atom. The molecule has 1 fully saturated rings. The van der Waals surface area contributed by atoms with Gasteiger partial charge in [0.25, 0.3) is 0 Å². The van der Waals surface area contributed by atoms with Gasteiger partial charge in [0.2, 0.25) is 5.91 Å². The van der Waals surface area contributed by atoms with E-state index < -0.39 is 0 Å². The van der Waals surface area contributed by atoms with Gasteiger partial charge in [-0.2, -0.15) is 0 Å². The van der Waals surface area contributed by atoms with Crippen LogP contribution in [-0.2, 0) is 11.3 Å². The zero-order valence-electron chi connectivity index (χ0n) is 12.4. The third-order valence-electron chi connectivity index (χ3n) is 3.87. The predicted octanol–water partition coefficient (Wildman–Crippen LogP) is 2.04. The number of amides is 1. The lowest BCUT2D eigenvalue weighted by Gasteiger charge is -2.29. The summed E-state index contributed by atoms with van der Waals surface area (Å²) in [4.78, 5) is 14.5. The summed E-state index contributed by atoms with van der Waals surface area (Å²) in [6.45, 7) is 5.32. The van der Waals surface area contributed by atoms with Crippen molar-refractivity contribution in [1.82, 2.24) is 10.2 Å². The predicted molar refractivity (Wildman–Crippen MR) is 79.7 cm³/mol. The Labute approximate surface area is 121 Å². The van der Waals surface area contributed by atoms with Crippen LogP contribution in [0, 0.1) is 5.92 Å². The molecule has 0 aromatic heterocycles. The van der Waals surface area contributed by atoms with Gasteiger partial charge in [-0.25, -0.2) is 0 Å². The zero-order valence-corrected chi connectivity index (χ0v) is 12.4. The second kappa shape index (κ2) is 7.29. The van der Waals surface area contributed by atoms with Gasteiger partial charge in [0.15, 0.2) is 0 Å². The van der Waals surface area contributed by atoms with Crippen LogP contribution in [-0.4, -0.2) is 37.6 Å². The maximum Gasteiger partial charge on any atom is 0.227 e. The lowest BCUT2D eigenvalue weighted by atomic mass is 9.98. The number of rotatable bonds is 5. The largest absolute Gasteiger partial charge is 0.497 e. The van der Waals surface area contributed by atoms with Crippen molar-refractivity contribution in [2.75, 3.05) is 26.7 Å². The Balaban J connectivity index is 1.97. The van der Waals surface area contributed by atoms with E-state index in [0.717, 1.165) is 43.8 Å². The minimum absolute atomic E-state index is 0.141. The van der Waals surface area contributed by atoms with Crippen molar-refractivity contribution in [3.8, 4) is 5.75 Å². The summed E-state index contributed by atoms with van der Waals surface area (Å²) < 4.78 is 5.15. The maximum absolute atomic E-state index is 12.5. The van der Waals surface area contributed by atoms with Crippen molar-refractivity contribution >= 4 is 5.91 Å². The Kier molecular flexibility index (Phi) is 5.41. The number of carbonyl (C=O) groups is 1. The fourth-order valence-electron chi connectivity index (χ4n) is 2.62. The first-order valence-electron chi connectivity index (χ1n) is 7.37. The van der Waals surface area contributed by atoms with Gasteiger partial charge in [-0.05, 0) is 44.0 Å². The molecular formula is C16H24N2O2. The van der Waals surface area contributed by atoms with E-state index >= 15 is 0 Å². The molecule has 0 aliphatic carbocycles. The van der Waals surface area contributed by atoms with E-state index in [1.54, 1.807) is 7.11 Å². The van der Waals surface area contributed by atoms with Crippen molar-refractivity contribution in [3.05, 3.63) is 29.8 Å². The van der Waals surface area contributed by atoms with Crippen molar-refractivity contribution in [2.24, 2.45) is 5.92 Å². The lowest BCUT2D eigenvalue weighted by molar-refractivity contribution is -0.136. The minimum atomic E-state index is 0.141. The van der Waals surface area contributed by atoms with Gasteiger partial charge in [-0.15, -0.1) is 0 Å². The molecule has 1 N–H and O–H groups in total. The Bertz CT molecular complexity index is 425. The van der Waals surface area contributed by atoms with Crippen LogP contribution in [0.5, 0.6) is 5.75 Å². The van der Waals surface area contributed by atoms with E-state index in [1.807, 2.05) is 36.1 Å². The van der Waals surface area contributed by atoms with Crippen LogP contribution >= 0.6 is 0 Å². The van der Waals surface area contributed by atoms with E-state index in [1.165, 1.54) is 0 Å². The van der Waals surface area contributed by atoms with Crippen molar-refractivity contribution in [2.45, 2.75) is 26.3 Å². The van der Waals surface area contributed by atoms with Crippen molar-refractivity contribution in [1.29, 1.82) is 0 Å². The summed E-state index contributed by atoms with van der Waals surface area (Å²) in [6, 6.07) is 7.92. The van der Waals surface area contributed by atoms with Crippen LogP contribution in [0.4, 0.5) is 0 Å². The summed E-state index contributed by atoms with van der Waals surface area (Å²) in [5, 5.41) is 3.31. The molecule has 4 heteroatoms. The van der Waals surface area contributed by atoms with E-state index in [0.29, 0.717) is 6.54 Å². The van der Waals surface area contributed by atoms with Crippen LogP contribution in [0.3, 0.4) is 0 Å². The quantitative estimate of drug-likeness (QED) is 0.895. The van der Waals surface area contributed by atoms with Crippen molar-refractivity contribution < 1.29 is 9.53 Å². The van der Waals surface area contributed by atoms with Crippen LogP contribution in [0.1, 0.15) is 25.3 Å². The molecule has 0 spiro atoms. The lowest BCUT2D eigenvalue weighted by Crippen LogP contribution is -2.42. The minimum Gasteiger partial charge on any atom is -0.497 e. The second-order valence-electron chi connectivity index (χ2n) is 5.24. The molecule has 0 saturated carbocycles. The molecule has 1 amide bonds. The van der Waals surface area contributed by atoms with Gasteiger partial charge in [0.05, 0.1) is 13.0 Å². The molecule has 1 aliphatic heterocycles. The smallest absolute Gasteiger partial charge is 0.227 e. The van der Waals surface area contributed by atoms with Crippen LogP contribution in [0.15, 0.2) is 24.3 Å². The highest BCUT2D eigenvalue weighted by molar-refractivity contribution is 5.79. The zero-order chi connectivity index (χ0) is 14.4. The molecule has 4 nitrogen and oxygen atoms in total. The standard InChI is InChI=1S/C16H24N2O2/c1-3-18(16(19)14-5-4-10-17-11-14)12-13-6-8-15(20-2)9-7-13/h6-9,14,17H,3-5,10-12H2,1-2H3. The highest BCUT2D eigenvalue weighted by atomic mass is 16.5. The molecule has 2 rings (SSSR count). The SMILES string of the molecule is CCN(Cc1ccc(OC)cc1)C(=O)C1CCCNC1. The van der Waals surface area contributed by atoms with Gasteiger partial charge >= 0.3 is 0 Å². The third kappa shape index (κ3) is 3.73. The molecule has 110 valence electrons. The topological polar surface area (TPSA) is 41.6 Å². The van der Waals surface area contributed by atoms with E-state index in [9.17, 15) is 4.79 Å². The Morgan fingerprint density at radius 1 is 1.40 bits per heavy atom. The molecular weight excluding hydrogens is 252 g/mol. The van der Waals surface area contributed by atoms with Gasteiger partial charge in [-0.1, -0.05) is 12.1 Å². The van der Waals surface area contributed by atoms with Gasteiger partial charge < -0.3 is 15.0 Å². The molecule has 1 unspecified atom stereocenters. The Hall–Kier alpha value is -1.55. The number of piperidine rings is 1. The first-order valence-corrected chi connectivity index (χ1v) is 7.37.